The van der Waals surface area contributed by atoms with E-state index in [2.05, 4.69) is 21.4 Å². The Morgan fingerprint density at radius 3 is 2.78 bits per heavy atom. The maximum atomic E-state index is 13.1. The Kier molecular flexibility index (Phi) is 3.88. The molecule has 3 aromatic rings. The van der Waals surface area contributed by atoms with Crippen LogP contribution in [0.5, 0.6) is 0 Å². The van der Waals surface area contributed by atoms with Crippen molar-refractivity contribution in [1.82, 2.24) is 14.5 Å². The van der Waals surface area contributed by atoms with Gasteiger partial charge in [0.1, 0.15) is 23.9 Å². The monoisotopic (exact) mass is 369 g/mol. The van der Waals surface area contributed by atoms with Gasteiger partial charge in [0.05, 0.1) is 11.3 Å². The lowest BCUT2D eigenvalue weighted by Crippen LogP contribution is -2.07. The first-order chi connectivity index (χ1) is 12.9. The van der Waals surface area contributed by atoms with Crippen LogP contribution in [0.25, 0.3) is 16.9 Å². The van der Waals surface area contributed by atoms with Gasteiger partial charge in [-0.3, -0.25) is 0 Å². The molecule has 8 heteroatoms. The molecule has 0 radical (unpaired) electrons. The van der Waals surface area contributed by atoms with E-state index in [0.29, 0.717) is 22.5 Å². The Labute approximate surface area is 153 Å². The van der Waals surface area contributed by atoms with Crippen LogP contribution >= 0.6 is 0 Å². The normalized spacial score (nSPS) is 13.1. The number of nitriles is 1. The van der Waals surface area contributed by atoms with E-state index in [1.54, 1.807) is 19.2 Å². The number of alkyl halides is 3. The fraction of sp³-hybridized carbons (Fsp3) is 0.211. The SMILES string of the molecule is Cc1ccc(C(F)(F)F)cc1-n1cc(-c2ncnc3c2CCN3)cc1C#N. The zero-order valence-corrected chi connectivity index (χ0v) is 14.3. The molecule has 0 atom stereocenters. The topological polar surface area (TPSA) is 66.5 Å². The van der Waals surface area contributed by atoms with Crippen LogP contribution in [0.2, 0.25) is 0 Å². The lowest BCUT2D eigenvalue weighted by molar-refractivity contribution is -0.137. The van der Waals surface area contributed by atoms with Crippen molar-refractivity contribution in [3.05, 3.63) is 59.2 Å². The second-order valence-corrected chi connectivity index (χ2v) is 6.32. The second-order valence-electron chi connectivity index (χ2n) is 6.32. The molecule has 0 unspecified atom stereocenters. The number of halogens is 3. The third-order valence-electron chi connectivity index (χ3n) is 4.62. The summed E-state index contributed by atoms with van der Waals surface area (Å²) < 4.78 is 40.8. The minimum atomic E-state index is -4.45. The summed E-state index contributed by atoms with van der Waals surface area (Å²) in [6, 6.07) is 7.21. The van der Waals surface area contributed by atoms with E-state index < -0.39 is 11.7 Å². The van der Waals surface area contributed by atoms with Crippen molar-refractivity contribution in [1.29, 1.82) is 5.26 Å². The number of hydrogen-bond donors (Lipinski definition) is 1. The highest BCUT2D eigenvalue weighted by molar-refractivity contribution is 5.71. The molecule has 1 aliphatic heterocycles. The first kappa shape index (κ1) is 17.1. The molecule has 0 bridgehead atoms. The van der Waals surface area contributed by atoms with E-state index in [9.17, 15) is 18.4 Å². The van der Waals surface area contributed by atoms with Gasteiger partial charge in [0, 0.05) is 29.6 Å². The van der Waals surface area contributed by atoms with E-state index in [-0.39, 0.29) is 5.69 Å². The minimum absolute atomic E-state index is 0.241. The number of hydrogen-bond acceptors (Lipinski definition) is 4. The van der Waals surface area contributed by atoms with E-state index in [1.807, 2.05) is 0 Å². The van der Waals surface area contributed by atoms with Crippen molar-refractivity contribution in [2.75, 3.05) is 11.9 Å². The predicted octanol–water partition coefficient (Wildman–Crippen LogP) is 4.10. The quantitative estimate of drug-likeness (QED) is 0.739. The maximum Gasteiger partial charge on any atom is 0.416 e. The standard InChI is InChI=1S/C19H14F3N5/c1-11-2-3-13(19(20,21)22)7-16(11)27-9-12(6-14(27)8-23)17-15-4-5-24-18(15)26-10-25-17/h2-3,6-7,9-10H,4-5H2,1H3,(H,24,25,26). The van der Waals surface area contributed by atoms with Crippen LogP contribution in [-0.2, 0) is 12.6 Å². The number of nitrogens with one attached hydrogen (secondary N) is 1. The molecular formula is C19H14F3N5. The number of aromatic nitrogens is 3. The molecule has 27 heavy (non-hydrogen) atoms. The lowest BCUT2D eigenvalue weighted by atomic mass is 10.1. The van der Waals surface area contributed by atoms with Crippen LogP contribution in [0.4, 0.5) is 19.0 Å². The molecule has 0 aliphatic carbocycles. The molecule has 2 aromatic heterocycles. The fourth-order valence-electron chi connectivity index (χ4n) is 3.28. The summed E-state index contributed by atoms with van der Waals surface area (Å²) in [6.07, 6.45) is -0.612. The lowest BCUT2D eigenvalue weighted by Gasteiger charge is -2.13. The van der Waals surface area contributed by atoms with Crippen molar-refractivity contribution in [3.8, 4) is 23.0 Å². The smallest absolute Gasteiger partial charge is 0.369 e. The molecular weight excluding hydrogens is 355 g/mol. The molecule has 1 aliphatic rings. The summed E-state index contributed by atoms with van der Waals surface area (Å²) in [5, 5.41) is 12.7. The molecule has 1 aromatic carbocycles. The van der Waals surface area contributed by atoms with Crippen molar-refractivity contribution in [2.45, 2.75) is 19.5 Å². The highest BCUT2D eigenvalue weighted by atomic mass is 19.4. The Hall–Kier alpha value is -3.34. The Morgan fingerprint density at radius 1 is 1.22 bits per heavy atom. The van der Waals surface area contributed by atoms with Crippen molar-refractivity contribution < 1.29 is 13.2 Å². The summed E-state index contributed by atoms with van der Waals surface area (Å²) in [4.78, 5) is 8.52. The number of rotatable bonds is 2. The molecule has 136 valence electrons. The average Bonchev–Trinajstić information content (AvgIpc) is 3.27. The third kappa shape index (κ3) is 2.91. The fourth-order valence-corrected chi connectivity index (χ4v) is 3.28. The van der Waals surface area contributed by atoms with Gasteiger partial charge < -0.3 is 9.88 Å². The van der Waals surface area contributed by atoms with Crippen LogP contribution in [0, 0.1) is 18.3 Å². The van der Waals surface area contributed by atoms with Gasteiger partial charge in [-0.05, 0) is 37.1 Å². The Balaban J connectivity index is 1.88. The van der Waals surface area contributed by atoms with Crippen LogP contribution in [-0.4, -0.2) is 21.1 Å². The second kappa shape index (κ2) is 6.13. The summed E-state index contributed by atoms with van der Waals surface area (Å²) in [5.74, 6) is 0.751. The molecule has 4 rings (SSSR count). The van der Waals surface area contributed by atoms with Gasteiger partial charge in [-0.2, -0.15) is 18.4 Å². The van der Waals surface area contributed by atoms with E-state index in [4.69, 9.17) is 0 Å². The van der Waals surface area contributed by atoms with Crippen molar-refractivity contribution >= 4 is 5.82 Å². The molecule has 0 fully saturated rings. The first-order valence-corrected chi connectivity index (χ1v) is 8.27. The van der Waals surface area contributed by atoms with E-state index in [0.717, 1.165) is 36.5 Å². The molecule has 0 amide bonds. The summed E-state index contributed by atoms with van der Waals surface area (Å²) >= 11 is 0. The summed E-state index contributed by atoms with van der Waals surface area (Å²) in [6.45, 7) is 2.46. The van der Waals surface area contributed by atoms with Crippen LogP contribution in [0.1, 0.15) is 22.4 Å². The zero-order valence-electron chi connectivity index (χ0n) is 14.3. The number of benzene rings is 1. The van der Waals surface area contributed by atoms with Gasteiger partial charge in [-0.25, -0.2) is 9.97 Å². The van der Waals surface area contributed by atoms with Crippen LogP contribution in [0.15, 0.2) is 36.8 Å². The maximum absolute atomic E-state index is 13.1. The average molecular weight is 369 g/mol. The highest BCUT2D eigenvalue weighted by Gasteiger charge is 2.31. The van der Waals surface area contributed by atoms with E-state index >= 15 is 0 Å². The molecule has 0 spiro atoms. The summed E-state index contributed by atoms with van der Waals surface area (Å²) in [7, 11) is 0. The number of nitrogens with zero attached hydrogens (tertiary/aromatic N) is 4. The predicted molar refractivity (Wildman–Crippen MR) is 93.4 cm³/mol. The molecule has 0 saturated carbocycles. The minimum Gasteiger partial charge on any atom is -0.369 e. The molecule has 3 heterocycles. The Morgan fingerprint density at radius 2 is 2.04 bits per heavy atom. The largest absolute Gasteiger partial charge is 0.416 e. The van der Waals surface area contributed by atoms with Crippen molar-refractivity contribution in [2.24, 2.45) is 0 Å². The van der Waals surface area contributed by atoms with E-state index in [1.165, 1.54) is 17.0 Å². The highest BCUT2D eigenvalue weighted by Crippen LogP contribution is 2.34. The van der Waals surface area contributed by atoms with Gasteiger partial charge in [-0.15, -0.1) is 0 Å². The van der Waals surface area contributed by atoms with Gasteiger partial charge in [-0.1, -0.05) is 6.07 Å². The van der Waals surface area contributed by atoms with Crippen molar-refractivity contribution in [3.63, 3.8) is 0 Å². The van der Waals surface area contributed by atoms with Gasteiger partial charge in [0.15, 0.2) is 0 Å². The molecule has 5 nitrogen and oxygen atoms in total. The zero-order chi connectivity index (χ0) is 19.2. The van der Waals surface area contributed by atoms with Gasteiger partial charge in [0.25, 0.3) is 0 Å². The van der Waals surface area contributed by atoms with Crippen LogP contribution < -0.4 is 5.32 Å². The Bertz CT molecular complexity index is 1080. The summed E-state index contributed by atoms with van der Waals surface area (Å²) in [5.41, 5.74) is 2.74. The number of aryl methyl sites for hydroxylation is 1. The molecule has 0 saturated heterocycles. The van der Waals surface area contributed by atoms with Crippen LogP contribution in [0.3, 0.4) is 0 Å². The molecule has 1 N–H and O–H groups in total. The van der Waals surface area contributed by atoms with Gasteiger partial charge >= 0.3 is 6.18 Å². The third-order valence-corrected chi connectivity index (χ3v) is 4.62. The first-order valence-electron chi connectivity index (χ1n) is 8.27. The van der Waals surface area contributed by atoms with Gasteiger partial charge in [0.2, 0.25) is 0 Å². The number of fused-ring (bicyclic) bond motifs is 1. The number of anilines is 1.